The number of thioether (sulfide) groups is 1. The van der Waals surface area contributed by atoms with E-state index in [1.54, 1.807) is 20.8 Å². The first-order chi connectivity index (χ1) is 10.6. The van der Waals surface area contributed by atoms with Gasteiger partial charge in [0.1, 0.15) is 23.2 Å². The Morgan fingerprint density at radius 1 is 1.30 bits per heavy atom. The molecule has 1 aromatic rings. The summed E-state index contributed by atoms with van der Waals surface area (Å²) >= 11 is 1.29. The molecule has 7 nitrogen and oxygen atoms in total. The van der Waals surface area contributed by atoms with Crippen molar-refractivity contribution in [2.75, 3.05) is 0 Å². The third-order valence-corrected chi connectivity index (χ3v) is 5.22. The first-order valence-electron chi connectivity index (χ1n) is 6.97. The molecule has 5 N–H and O–H groups in total. The number of aliphatic imine (C=N–C) groups is 1. The van der Waals surface area contributed by atoms with Crippen molar-refractivity contribution in [1.82, 2.24) is 0 Å². The Balaban J connectivity index is 2.62. The molecule has 0 aliphatic carbocycles. The highest BCUT2D eigenvalue weighted by Gasteiger charge is 2.31. The minimum atomic E-state index is -1.12. The molecule has 0 fully saturated rings. The molecule has 2 rings (SSSR count). The van der Waals surface area contributed by atoms with Crippen LogP contribution < -0.4 is 5.73 Å². The van der Waals surface area contributed by atoms with Crippen LogP contribution in [0, 0.1) is 13.8 Å². The average molecular weight is 338 g/mol. The third kappa shape index (κ3) is 3.04. The summed E-state index contributed by atoms with van der Waals surface area (Å²) in [6.07, 6.45) is 0.0816. The van der Waals surface area contributed by atoms with Gasteiger partial charge in [-0.1, -0.05) is 0 Å². The van der Waals surface area contributed by atoms with Crippen LogP contribution in [0.15, 0.2) is 9.89 Å². The molecule has 124 valence electrons. The lowest BCUT2D eigenvalue weighted by atomic mass is 9.94. The molecule has 0 spiro atoms. The fraction of sp³-hybridized carbons (Fsp3) is 0.400. The van der Waals surface area contributed by atoms with Crippen LogP contribution in [0.3, 0.4) is 0 Å². The molecule has 1 aliphatic heterocycles. The number of hydrogen-bond donors (Lipinski definition) is 4. The highest BCUT2D eigenvalue weighted by Crippen LogP contribution is 2.48. The van der Waals surface area contributed by atoms with Gasteiger partial charge in [0.05, 0.1) is 5.25 Å². The molecule has 1 aromatic carbocycles. The van der Waals surface area contributed by atoms with Crippen molar-refractivity contribution in [1.29, 1.82) is 0 Å². The maximum Gasteiger partial charge on any atom is 0.351 e. The van der Waals surface area contributed by atoms with Crippen molar-refractivity contribution >= 4 is 35.1 Å². The summed E-state index contributed by atoms with van der Waals surface area (Å²) in [6.45, 7) is 5.17. The largest absolute Gasteiger partial charge is 0.505 e. The van der Waals surface area contributed by atoms with Crippen LogP contribution in [0.4, 0.5) is 5.69 Å². The second kappa shape index (κ2) is 6.21. The molecule has 0 aromatic heterocycles. The monoisotopic (exact) mass is 338 g/mol. The average Bonchev–Trinajstić information content (AvgIpc) is 2.48. The molecule has 2 atom stereocenters. The molecule has 0 saturated carbocycles. The van der Waals surface area contributed by atoms with Crippen molar-refractivity contribution in [3.05, 3.63) is 16.7 Å². The molecule has 0 bridgehead atoms. The highest BCUT2D eigenvalue weighted by molar-refractivity contribution is 8.01. The molecule has 1 unspecified atom stereocenters. The smallest absolute Gasteiger partial charge is 0.351 e. The fourth-order valence-electron chi connectivity index (χ4n) is 2.55. The number of carboxylic acid groups (broad SMARTS) is 2. The van der Waals surface area contributed by atoms with Crippen LogP contribution in [0.2, 0.25) is 0 Å². The van der Waals surface area contributed by atoms with Gasteiger partial charge in [0.15, 0.2) is 0 Å². The molecule has 8 heteroatoms. The van der Waals surface area contributed by atoms with E-state index in [9.17, 15) is 19.8 Å². The number of phenols is 1. The first-order valence-corrected chi connectivity index (χ1v) is 7.85. The standard InChI is InChI=1S/C15H18N2O5S/c1-5-8(4-9(16)14(19)20)6(2)13-11(12(5)18)17-10(15(21)22)7(3)23-13/h7,9,18H,4,16H2,1-3H3,(H,19,20)(H,21,22)/t7?,9-/m0/s1. The minimum absolute atomic E-state index is 0.0217. The van der Waals surface area contributed by atoms with Crippen LogP contribution in [-0.4, -0.2) is 44.3 Å². The van der Waals surface area contributed by atoms with E-state index >= 15 is 0 Å². The lowest BCUT2D eigenvalue weighted by molar-refractivity contribution is -0.138. The fourth-order valence-corrected chi connectivity index (χ4v) is 3.72. The van der Waals surface area contributed by atoms with E-state index in [1.807, 2.05) is 0 Å². The van der Waals surface area contributed by atoms with Crippen molar-refractivity contribution in [2.24, 2.45) is 10.7 Å². The van der Waals surface area contributed by atoms with Crippen LogP contribution >= 0.6 is 11.8 Å². The van der Waals surface area contributed by atoms with E-state index in [-0.39, 0.29) is 28.8 Å². The summed E-state index contributed by atoms with van der Waals surface area (Å²) in [5, 5.41) is 28.2. The normalized spacial score (nSPS) is 18.1. The van der Waals surface area contributed by atoms with Crippen LogP contribution in [0.25, 0.3) is 0 Å². The van der Waals surface area contributed by atoms with E-state index in [0.29, 0.717) is 16.0 Å². The highest BCUT2D eigenvalue weighted by atomic mass is 32.2. The molecule has 0 amide bonds. The Labute approximate surface area is 137 Å². The topological polar surface area (TPSA) is 133 Å². The number of fused-ring (bicyclic) bond motifs is 1. The number of nitrogens with two attached hydrogens (primary N) is 1. The number of phenolic OH excluding ortho intramolecular Hbond substituents is 1. The van der Waals surface area contributed by atoms with E-state index in [0.717, 1.165) is 5.56 Å². The SMILES string of the molecule is Cc1c(O)c2c(c(C)c1C[C@H](N)C(=O)O)SC(C)C(C(=O)O)=N2. The molecule has 1 aliphatic rings. The Bertz CT molecular complexity index is 729. The van der Waals surface area contributed by atoms with Gasteiger partial charge in [-0.25, -0.2) is 9.79 Å². The van der Waals surface area contributed by atoms with E-state index in [2.05, 4.69) is 4.99 Å². The summed E-state index contributed by atoms with van der Waals surface area (Å²) in [6, 6.07) is -1.08. The Morgan fingerprint density at radius 2 is 1.91 bits per heavy atom. The van der Waals surface area contributed by atoms with E-state index < -0.39 is 18.0 Å². The third-order valence-electron chi connectivity index (χ3n) is 3.91. The zero-order valence-electron chi connectivity index (χ0n) is 13.0. The van der Waals surface area contributed by atoms with E-state index in [4.69, 9.17) is 10.8 Å². The lowest BCUT2D eigenvalue weighted by Gasteiger charge is -2.25. The molecule has 0 radical (unpaired) electrons. The van der Waals surface area contributed by atoms with Gasteiger partial charge in [-0.2, -0.15) is 0 Å². The summed E-state index contributed by atoms with van der Waals surface area (Å²) in [7, 11) is 0. The minimum Gasteiger partial charge on any atom is -0.505 e. The predicted molar refractivity (Wildman–Crippen MR) is 86.9 cm³/mol. The van der Waals surface area contributed by atoms with E-state index in [1.165, 1.54) is 11.8 Å². The second-order valence-electron chi connectivity index (χ2n) is 5.47. The molecule has 23 heavy (non-hydrogen) atoms. The van der Waals surface area contributed by atoms with Crippen molar-refractivity contribution in [2.45, 2.75) is 43.4 Å². The van der Waals surface area contributed by atoms with Crippen molar-refractivity contribution in [3.8, 4) is 5.75 Å². The molecule has 1 heterocycles. The van der Waals surface area contributed by atoms with Gasteiger partial charge in [-0.15, -0.1) is 11.8 Å². The number of benzene rings is 1. The number of aliphatic carboxylic acids is 2. The quantitative estimate of drug-likeness (QED) is 0.655. The Hall–Kier alpha value is -2.06. The summed E-state index contributed by atoms with van der Waals surface area (Å²) < 4.78 is 0. The van der Waals surface area contributed by atoms with Gasteiger partial charge in [0.25, 0.3) is 0 Å². The van der Waals surface area contributed by atoms with Gasteiger partial charge in [0, 0.05) is 4.90 Å². The maximum absolute atomic E-state index is 11.2. The van der Waals surface area contributed by atoms with Crippen molar-refractivity contribution in [3.63, 3.8) is 0 Å². The second-order valence-corrected chi connectivity index (χ2v) is 6.82. The van der Waals surface area contributed by atoms with Gasteiger partial charge < -0.3 is 21.1 Å². The predicted octanol–water partition coefficient (Wildman–Crippen LogP) is 1.61. The Morgan fingerprint density at radius 3 is 2.43 bits per heavy atom. The molecule has 0 saturated heterocycles. The zero-order chi connectivity index (χ0) is 17.5. The first kappa shape index (κ1) is 17.3. The number of nitrogens with zero attached hydrogens (tertiary/aromatic N) is 1. The van der Waals surface area contributed by atoms with Gasteiger partial charge >= 0.3 is 11.9 Å². The summed E-state index contributed by atoms with van der Waals surface area (Å²) in [4.78, 5) is 27.0. The maximum atomic E-state index is 11.2. The van der Waals surface area contributed by atoms with Gasteiger partial charge in [-0.05, 0) is 43.9 Å². The zero-order valence-corrected chi connectivity index (χ0v) is 13.8. The van der Waals surface area contributed by atoms with Crippen LogP contribution in [0.1, 0.15) is 23.6 Å². The summed E-state index contributed by atoms with van der Waals surface area (Å²) in [5.74, 6) is -2.37. The number of carbonyl (C=O) groups is 2. The number of hydrogen-bond acceptors (Lipinski definition) is 6. The summed E-state index contributed by atoms with van der Waals surface area (Å²) in [5.41, 5.74) is 7.72. The lowest BCUT2D eigenvalue weighted by Crippen LogP contribution is -2.33. The number of rotatable bonds is 4. The Kier molecular flexibility index (Phi) is 4.67. The van der Waals surface area contributed by atoms with Crippen LogP contribution in [0.5, 0.6) is 5.75 Å². The van der Waals surface area contributed by atoms with Gasteiger partial charge in [-0.3, -0.25) is 4.79 Å². The van der Waals surface area contributed by atoms with Crippen LogP contribution in [-0.2, 0) is 16.0 Å². The molecular weight excluding hydrogens is 320 g/mol. The molecular formula is C15H18N2O5S. The van der Waals surface area contributed by atoms with Crippen molar-refractivity contribution < 1.29 is 24.9 Å². The van der Waals surface area contributed by atoms with Gasteiger partial charge in [0.2, 0.25) is 0 Å². The number of aromatic hydroxyl groups is 1. The number of carboxylic acids is 2.